The molecule has 5 nitrogen and oxygen atoms in total. The van der Waals surface area contributed by atoms with Crippen LogP contribution < -0.4 is 4.72 Å². The fourth-order valence-corrected chi connectivity index (χ4v) is 3.62. The van der Waals surface area contributed by atoms with Gasteiger partial charge in [0.25, 0.3) is 10.0 Å². The van der Waals surface area contributed by atoms with Crippen LogP contribution in [0.4, 0.5) is 5.13 Å². The van der Waals surface area contributed by atoms with Crippen LogP contribution in [0.5, 0.6) is 0 Å². The van der Waals surface area contributed by atoms with Gasteiger partial charge >= 0.3 is 0 Å². The van der Waals surface area contributed by atoms with E-state index in [0.29, 0.717) is 5.52 Å². The molecule has 0 spiro atoms. The van der Waals surface area contributed by atoms with Crippen LogP contribution in [0.2, 0.25) is 0 Å². The minimum Gasteiger partial charge on any atom is -0.255 e. The van der Waals surface area contributed by atoms with Gasteiger partial charge in [-0.3, -0.25) is 9.71 Å². The van der Waals surface area contributed by atoms with Crippen LogP contribution in [0, 0.1) is 6.20 Å². The number of para-hydroxylation sites is 1. The standard InChI is InChI=1S/C12H8N3O2S2/c16-19(17,15-12-14-7-8-18-12)10-5-1-3-9-4-2-6-13-11(9)10/h1-6,8H,(H,14,15). The molecule has 3 aromatic rings. The van der Waals surface area contributed by atoms with Crippen molar-refractivity contribution >= 4 is 37.4 Å². The summed E-state index contributed by atoms with van der Waals surface area (Å²) in [5.41, 5.74) is 0.443. The van der Waals surface area contributed by atoms with Crippen molar-refractivity contribution in [3.05, 3.63) is 48.1 Å². The number of hydrogen-bond acceptors (Lipinski definition) is 5. The summed E-state index contributed by atoms with van der Waals surface area (Å²) in [6.45, 7) is 0. The molecule has 0 saturated carbocycles. The minimum absolute atomic E-state index is 0.140. The van der Waals surface area contributed by atoms with E-state index < -0.39 is 10.0 Å². The Kier molecular flexibility index (Phi) is 2.92. The molecule has 2 heterocycles. The Morgan fingerprint density at radius 2 is 2.05 bits per heavy atom. The Morgan fingerprint density at radius 3 is 2.84 bits per heavy atom. The van der Waals surface area contributed by atoms with Gasteiger partial charge in [0, 0.05) is 17.0 Å². The van der Waals surface area contributed by atoms with Gasteiger partial charge < -0.3 is 0 Å². The highest BCUT2D eigenvalue weighted by atomic mass is 32.2. The molecule has 95 valence electrons. The number of fused-ring (bicyclic) bond motifs is 1. The summed E-state index contributed by atoms with van der Waals surface area (Å²) in [4.78, 5) is 8.06. The zero-order chi connectivity index (χ0) is 13.3. The molecule has 0 aliphatic rings. The Hall–Kier alpha value is -1.99. The van der Waals surface area contributed by atoms with Crippen molar-refractivity contribution in [2.75, 3.05) is 4.72 Å². The molecule has 0 amide bonds. The van der Waals surface area contributed by atoms with Crippen LogP contribution in [0.3, 0.4) is 0 Å². The van der Waals surface area contributed by atoms with Crippen molar-refractivity contribution in [2.45, 2.75) is 4.90 Å². The first-order valence-electron chi connectivity index (χ1n) is 5.35. The highest BCUT2D eigenvalue weighted by molar-refractivity contribution is 7.93. The van der Waals surface area contributed by atoms with Gasteiger partial charge in [-0.05, 0) is 12.1 Å². The molecule has 0 unspecified atom stereocenters. The molecule has 0 fully saturated rings. The van der Waals surface area contributed by atoms with Crippen LogP contribution in [0.25, 0.3) is 10.9 Å². The fourth-order valence-electron chi connectivity index (χ4n) is 1.70. The van der Waals surface area contributed by atoms with E-state index in [2.05, 4.69) is 20.9 Å². The van der Waals surface area contributed by atoms with E-state index in [1.54, 1.807) is 23.7 Å². The number of pyridine rings is 1. The Labute approximate surface area is 114 Å². The number of aromatic nitrogens is 2. The normalized spacial score (nSPS) is 11.6. The lowest BCUT2D eigenvalue weighted by Gasteiger charge is -2.07. The lowest BCUT2D eigenvalue weighted by Crippen LogP contribution is -2.13. The number of thiazole rings is 1. The lowest BCUT2D eigenvalue weighted by molar-refractivity contribution is 0.602. The lowest BCUT2D eigenvalue weighted by atomic mass is 10.2. The van der Waals surface area contributed by atoms with Crippen molar-refractivity contribution in [3.8, 4) is 0 Å². The highest BCUT2D eigenvalue weighted by Gasteiger charge is 2.19. The predicted molar refractivity (Wildman–Crippen MR) is 73.5 cm³/mol. The van der Waals surface area contributed by atoms with E-state index in [0.717, 1.165) is 5.39 Å². The average Bonchev–Trinajstić information content (AvgIpc) is 2.90. The van der Waals surface area contributed by atoms with Crippen molar-refractivity contribution in [1.82, 2.24) is 9.97 Å². The maximum Gasteiger partial charge on any atom is 0.265 e. The highest BCUT2D eigenvalue weighted by Crippen LogP contribution is 2.23. The number of rotatable bonds is 3. The van der Waals surface area contributed by atoms with Crippen LogP contribution in [-0.4, -0.2) is 18.4 Å². The first-order chi connectivity index (χ1) is 9.17. The molecule has 2 aromatic heterocycles. The monoisotopic (exact) mass is 290 g/mol. The molecule has 0 atom stereocenters. The SMILES string of the molecule is O=S(=O)(Nc1n[c]cs1)c1cccc2cccnc12. The first-order valence-corrected chi connectivity index (χ1v) is 7.71. The van der Waals surface area contributed by atoms with Gasteiger partial charge in [0.2, 0.25) is 0 Å². The molecule has 1 radical (unpaired) electrons. The predicted octanol–water partition coefficient (Wildman–Crippen LogP) is 2.29. The molecule has 0 saturated heterocycles. The average molecular weight is 290 g/mol. The van der Waals surface area contributed by atoms with Crippen LogP contribution >= 0.6 is 11.3 Å². The third-order valence-corrected chi connectivity index (χ3v) is 4.64. The summed E-state index contributed by atoms with van der Waals surface area (Å²) in [5.74, 6) is 0. The molecule has 1 aromatic carbocycles. The second-order valence-electron chi connectivity index (χ2n) is 3.72. The summed E-state index contributed by atoms with van der Waals surface area (Å²) < 4.78 is 27.0. The van der Waals surface area contributed by atoms with E-state index in [1.165, 1.54) is 17.4 Å². The molecule has 19 heavy (non-hydrogen) atoms. The van der Waals surface area contributed by atoms with Gasteiger partial charge in [-0.2, -0.15) is 0 Å². The third kappa shape index (κ3) is 2.29. The van der Waals surface area contributed by atoms with Gasteiger partial charge in [0.05, 0.1) is 5.52 Å². The molecule has 0 bridgehead atoms. The Morgan fingerprint density at radius 1 is 1.21 bits per heavy atom. The van der Waals surface area contributed by atoms with Crippen LogP contribution in [-0.2, 0) is 10.0 Å². The topological polar surface area (TPSA) is 72.0 Å². The van der Waals surface area contributed by atoms with Crippen molar-refractivity contribution in [3.63, 3.8) is 0 Å². The van der Waals surface area contributed by atoms with Gasteiger partial charge in [-0.15, -0.1) is 11.3 Å². The van der Waals surface area contributed by atoms with Gasteiger partial charge in [-0.25, -0.2) is 13.4 Å². The largest absolute Gasteiger partial charge is 0.265 e. The van der Waals surface area contributed by atoms with Crippen molar-refractivity contribution in [1.29, 1.82) is 0 Å². The second kappa shape index (κ2) is 4.60. The quantitative estimate of drug-likeness (QED) is 0.803. The Balaban J connectivity index is 2.13. The number of benzene rings is 1. The molecule has 7 heteroatoms. The third-order valence-electron chi connectivity index (χ3n) is 2.50. The fraction of sp³-hybridized carbons (Fsp3) is 0. The number of nitrogens with one attached hydrogen (secondary N) is 1. The summed E-state index contributed by atoms with van der Waals surface area (Å²) in [6, 6.07) is 8.61. The summed E-state index contributed by atoms with van der Waals surface area (Å²) >= 11 is 1.17. The smallest absolute Gasteiger partial charge is 0.255 e. The molecule has 0 aliphatic heterocycles. The summed E-state index contributed by atoms with van der Waals surface area (Å²) in [7, 11) is -3.69. The summed E-state index contributed by atoms with van der Waals surface area (Å²) in [6.07, 6.45) is 4.13. The molecular formula is C12H8N3O2S2. The van der Waals surface area contributed by atoms with Gasteiger partial charge in [0.15, 0.2) is 5.13 Å². The molecular weight excluding hydrogens is 282 g/mol. The number of nitrogens with zero attached hydrogens (tertiary/aromatic N) is 2. The number of hydrogen-bond donors (Lipinski definition) is 1. The number of anilines is 1. The maximum atomic E-state index is 12.3. The van der Waals surface area contributed by atoms with Gasteiger partial charge in [-0.1, -0.05) is 18.2 Å². The van der Waals surface area contributed by atoms with Crippen LogP contribution in [0.15, 0.2) is 46.8 Å². The molecule has 1 N–H and O–H groups in total. The van der Waals surface area contributed by atoms with E-state index >= 15 is 0 Å². The van der Waals surface area contributed by atoms with Crippen LogP contribution in [0.1, 0.15) is 0 Å². The molecule has 0 aliphatic carbocycles. The van der Waals surface area contributed by atoms with Crippen molar-refractivity contribution < 1.29 is 8.42 Å². The first kappa shape index (κ1) is 12.1. The Bertz CT molecular complexity index is 809. The van der Waals surface area contributed by atoms with E-state index in [9.17, 15) is 8.42 Å². The van der Waals surface area contributed by atoms with Crippen molar-refractivity contribution in [2.24, 2.45) is 0 Å². The maximum absolute atomic E-state index is 12.3. The zero-order valence-corrected chi connectivity index (χ0v) is 11.2. The zero-order valence-electron chi connectivity index (χ0n) is 9.57. The molecule has 3 rings (SSSR count). The van der Waals surface area contributed by atoms with E-state index in [1.807, 2.05) is 12.1 Å². The minimum atomic E-state index is -3.69. The second-order valence-corrected chi connectivity index (χ2v) is 6.23. The van der Waals surface area contributed by atoms with Gasteiger partial charge in [0.1, 0.15) is 11.1 Å². The van der Waals surface area contributed by atoms with E-state index in [4.69, 9.17) is 0 Å². The van der Waals surface area contributed by atoms with E-state index in [-0.39, 0.29) is 10.0 Å². The summed E-state index contributed by atoms with van der Waals surface area (Å²) in [5, 5.41) is 2.64. The number of sulfonamides is 1.